The molecule has 3 aliphatic heterocycles. The highest BCUT2D eigenvalue weighted by Crippen LogP contribution is 2.37. The second kappa shape index (κ2) is 6.00. The minimum atomic E-state index is 0.308. The topological polar surface area (TPSA) is 69.9 Å². The van der Waals surface area contributed by atoms with Gasteiger partial charge >= 0.3 is 0 Å². The first-order chi connectivity index (χ1) is 12.2. The molecule has 2 saturated heterocycles. The third kappa shape index (κ3) is 2.87. The average molecular weight is 343 g/mol. The molecule has 132 valence electrons. The Morgan fingerprint density at radius 3 is 3.00 bits per heavy atom. The van der Waals surface area contributed by atoms with Gasteiger partial charge in [0.1, 0.15) is 0 Å². The van der Waals surface area contributed by atoms with E-state index in [0.717, 1.165) is 50.1 Å². The van der Waals surface area contributed by atoms with Crippen molar-refractivity contribution in [2.24, 2.45) is 11.8 Å². The number of aryl methyl sites for hydroxylation is 1. The maximum absolute atomic E-state index is 6.03. The monoisotopic (exact) mass is 343 g/mol. The molecule has 2 aromatic rings. The number of hydrogen-bond donors (Lipinski definition) is 0. The number of hydrogen-bond acceptors (Lipinski definition) is 7. The summed E-state index contributed by atoms with van der Waals surface area (Å²) in [5.74, 6) is 4.08. The number of ether oxygens (including phenoxy) is 3. The molecule has 0 amide bonds. The predicted octanol–water partition coefficient (Wildman–Crippen LogP) is 1.80. The van der Waals surface area contributed by atoms with Crippen molar-refractivity contribution in [2.45, 2.75) is 26.0 Å². The zero-order chi connectivity index (χ0) is 16.8. The molecular formula is C18H21N3O4. The molecule has 2 fully saturated rings. The van der Waals surface area contributed by atoms with Crippen LogP contribution in [0.15, 0.2) is 22.7 Å². The molecule has 7 nitrogen and oxygen atoms in total. The number of likely N-dealkylation sites (tertiary alicyclic amines) is 1. The van der Waals surface area contributed by atoms with E-state index in [1.807, 2.05) is 13.0 Å². The molecule has 0 N–H and O–H groups in total. The zero-order valence-electron chi connectivity index (χ0n) is 14.2. The van der Waals surface area contributed by atoms with Crippen LogP contribution in [0.2, 0.25) is 0 Å². The molecule has 0 bridgehead atoms. The van der Waals surface area contributed by atoms with E-state index in [1.165, 1.54) is 5.56 Å². The van der Waals surface area contributed by atoms with Crippen LogP contribution in [0.5, 0.6) is 11.5 Å². The van der Waals surface area contributed by atoms with Gasteiger partial charge in [-0.3, -0.25) is 4.90 Å². The summed E-state index contributed by atoms with van der Waals surface area (Å²) in [5.41, 5.74) is 1.24. The lowest BCUT2D eigenvalue weighted by Gasteiger charge is -2.19. The molecule has 3 atom stereocenters. The number of benzene rings is 1. The lowest BCUT2D eigenvalue weighted by atomic mass is 9.90. The first-order valence-electron chi connectivity index (χ1n) is 8.76. The summed E-state index contributed by atoms with van der Waals surface area (Å²) < 4.78 is 22.2. The van der Waals surface area contributed by atoms with Crippen molar-refractivity contribution in [3.05, 3.63) is 35.5 Å². The van der Waals surface area contributed by atoms with Crippen LogP contribution >= 0.6 is 0 Å². The van der Waals surface area contributed by atoms with E-state index < -0.39 is 0 Å². The molecule has 25 heavy (non-hydrogen) atoms. The molecule has 0 radical (unpaired) electrons. The van der Waals surface area contributed by atoms with Crippen LogP contribution in [-0.2, 0) is 17.7 Å². The molecule has 1 aromatic heterocycles. The van der Waals surface area contributed by atoms with Gasteiger partial charge in [-0.15, -0.1) is 0 Å². The van der Waals surface area contributed by atoms with Gasteiger partial charge < -0.3 is 18.7 Å². The summed E-state index contributed by atoms with van der Waals surface area (Å²) in [6.45, 7) is 5.87. The molecule has 0 unspecified atom stereocenters. The van der Waals surface area contributed by atoms with Crippen molar-refractivity contribution < 1.29 is 18.7 Å². The molecule has 4 heterocycles. The first kappa shape index (κ1) is 15.2. The zero-order valence-corrected chi connectivity index (χ0v) is 14.2. The van der Waals surface area contributed by atoms with E-state index in [4.69, 9.17) is 18.7 Å². The minimum absolute atomic E-state index is 0.308. The molecule has 5 rings (SSSR count). The molecule has 7 heteroatoms. The molecular weight excluding hydrogens is 322 g/mol. The Hall–Kier alpha value is -2.12. The van der Waals surface area contributed by atoms with Crippen LogP contribution in [0.1, 0.15) is 17.3 Å². The van der Waals surface area contributed by atoms with Gasteiger partial charge in [-0.05, 0) is 30.5 Å². The molecule has 3 aliphatic rings. The van der Waals surface area contributed by atoms with E-state index in [9.17, 15) is 0 Å². The SMILES string of the molecule is Cc1noc(C[C@@H]2CO[C@H]3CN(Cc4ccc5c(c4)OCO5)C[C@@H]23)n1. The van der Waals surface area contributed by atoms with Crippen molar-refractivity contribution >= 4 is 0 Å². The van der Waals surface area contributed by atoms with Gasteiger partial charge in [-0.2, -0.15) is 4.98 Å². The summed E-state index contributed by atoms with van der Waals surface area (Å²) >= 11 is 0. The van der Waals surface area contributed by atoms with Gasteiger partial charge in [0.25, 0.3) is 0 Å². The molecule has 0 aliphatic carbocycles. The largest absolute Gasteiger partial charge is 0.454 e. The third-order valence-electron chi connectivity index (χ3n) is 5.36. The quantitative estimate of drug-likeness (QED) is 0.838. The average Bonchev–Trinajstić information content (AvgIpc) is 3.34. The van der Waals surface area contributed by atoms with Crippen LogP contribution in [0.25, 0.3) is 0 Å². The fourth-order valence-corrected chi connectivity index (χ4v) is 4.16. The second-order valence-electron chi connectivity index (χ2n) is 7.12. The van der Waals surface area contributed by atoms with Gasteiger partial charge in [0, 0.05) is 32.0 Å². The molecule has 0 spiro atoms. The number of fused-ring (bicyclic) bond motifs is 2. The Morgan fingerprint density at radius 1 is 1.20 bits per heavy atom. The number of nitrogens with zero attached hydrogens (tertiary/aromatic N) is 3. The maximum Gasteiger partial charge on any atom is 0.231 e. The molecule has 1 aromatic carbocycles. The van der Waals surface area contributed by atoms with Crippen molar-refractivity contribution in [1.82, 2.24) is 15.0 Å². The Morgan fingerprint density at radius 2 is 2.12 bits per heavy atom. The Balaban J connectivity index is 1.23. The summed E-state index contributed by atoms with van der Waals surface area (Å²) in [6, 6.07) is 6.18. The van der Waals surface area contributed by atoms with Gasteiger partial charge in [-0.1, -0.05) is 11.2 Å². The fourth-order valence-electron chi connectivity index (χ4n) is 4.16. The van der Waals surface area contributed by atoms with E-state index in [1.54, 1.807) is 0 Å². The van der Waals surface area contributed by atoms with E-state index in [2.05, 4.69) is 27.2 Å². The Bertz CT molecular complexity index is 777. The number of aromatic nitrogens is 2. The van der Waals surface area contributed by atoms with Crippen molar-refractivity contribution in [3.63, 3.8) is 0 Å². The first-order valence-corrected chi connectivity index (χ1v) is 8.76. The highest BCUT2D eigenvalue weighted by atomic mass is 16.7. The number of rotatable bonds is 4. The van der Waals surface area contributed by atoms with Gasteiger partial charge in [0.2, 0.25) is 12.7 Å². The smallest absolute Gasteiger partial charge is 0.231 e. The van der Waals surface area contributed by atoms with Crippen LogP contribution in [-0.4, -0.2) is 47.6 Å². The fraction of sp³-hybridized carbons (Fsp3) is 0.556. The van der Waals surface area contributed by atoms with Gasteiger partial charge in [0.05, 0.1) is 12.7 Å². The lowest BCUT2D eigenvalue weighted by molar-refractivity contribution is 0.0935. The van der Waals surface area contributed by atoms with Gasteiger partial charge in [-0.25, -0.2) is 0 Å². The summed E-state index contributed by atoms with van der Waals surface area (Å²) in [6.07, 6.45) is 1.11. The summed E-state index contributed by atoms with van der Waals surface area (Å²) in [5, 5.41) is 3.88. The molecule has 0 saturated carbocycles. The van der Waals surface area contributed by atoms with Crippen molar-refractivity contribution in [3.8, 4) is 11.5 Å². The normalized spacial score (nSPS) is 27.8. The summed E-state index contributed by atoms with van der Waals surface area (Å²) in [4.78, 5) is 6.79. The van der Waals surface area contributed by atoms with Gasteiger partial charge in [0.15, 0.2) is 17.3 Å². The highest BCUT2D eigenvalue weighted by molar-refractivity contribution is 5.44. The third-order valence-corrected chi connectivity index (χ3v) is 5.36. The van der Waals surface area contributed by atoms with Crippen LogP contribution in [0.3, 0.4) is 0 Å². The van der Waals surface area contributed by atoms with Crippen molar-refractivity contribution in [2.75, 3.05) is 26.5 Å². The second-order valence-corrected chi connectivity index (χ2v) is 7.12. The Kier molecular flexibility index (Phi) is 3.64. The standard InChI is InChI=1S/C18H21N3O4/c1-11-19-18(25-20-11)5-13-9-22-17-8-21(7-14(13)17)6-12-2-3-15-16(4-12)24-10-23-15/h2-4,13-14,17H,5-10H2,1H3/t13-,14+,17+/m1/s1. The van der Waals surface area contributed by atoms with E-state index >= 15 is 0 Å². The van der Waals surface area contributed by atoms with Crippen LogP contribution in [0.4, 0.5) is 0 Å². The van der Waals surface area contributed by atoms with Crippen LogP contribution < -0.4 is 9.47 Å². The van der Waals surface area contributed by atoms with Crippen molar-refractivity contribution in [1.29, 1.82) is 0 Å². The maximum atomic E-state index is 6.03. The summed E-state index contributed by atoms with van der Waals surface area (Å²) in [7, 11) is 0. The minimum Gasteiger partial charge on any atom is -0.454 e. The van der Waals surface area contributed by atoms with E-state index in [0.29, 0.717) is 30.6 Å². The highest BCUT2D eigenvalue weighted by Gasteiger charge is 2.44. The Labute approximate surface area is 145 Å². The van der Waals surface area contributed by atoms with Crippen LogP contribution in [0, 0.1) is 18.8 Å². The predicted molar refractivity (Wildman–Crippen MR) is 87.3 cm³/mol. The van der Waals surface area contributed by atoms with E-state index in [-0.39, 0.29) is 0 Å². The lowest BCUT2D eigenvalue weighted by Crippen LogP contribution is -2.24.